The average Bonchev–Trinajstić information content (AvgIpc) is 2.76. The number of likely N-dealkylation sites (N-methyl/N-ethyl adjacent to an activating group) is 1. The van der Waals surface area contributed by atoms with E-state index in [-0.39, 0.29) is 18.0 Å². The van der Waals surface area contributed by atoms with E-state index in [1.165, 1.54) is 39.2 Å². The Bertz CT molecular complexity index is 553. The molecule has 0 aliphatic carbocycles. The van der Waals surface area contributed by atoms with Crippen LogP contribution in [-0.4, -0.2) is 46.8 Å². The number of hydrogen-bond acceptors (Lipinski definition) is 3. The van der Waals surface area contributed by atoms with Crippen LogP contribution in [-0.2, 0) is 24.6 Å². The molecule has 1 aromatic rings. The lowest BCUT2D eigenvalue weighted by atomic mass is 10.2. The van der Waals surface area contributed by atoms with Gasteiger partial charge in [0.05, 0.1) is 0 Å². The van der Waals surface area contributed by atoms with Crippen molar-refractivity contribution < 1.29 is 22.8 Å². The molecular weight excluding hydrogens is 303 g/mol. The van der Waals surface area contributed by atoms with Crippen molar-refractivity contribution in [3.05, 3.63) is 17.5 Å². The lowest BCUT2D eigenvalue weighted by Gasteiger charge is -2.18. The lowest BCUT2D eigenvalue weighted by molar-refractivity contribution is -0.142. The standard InChI is InChI=1S/C12H18F3N5O2/c1-7(10(21)19(2)3)17-11(22)16-5-8-6-20(4)18-9(8)12(13,14)15/h6-7H,5H2,1-4H3,(H2,16,17,22)/t7-/m0/s1. The summed E-state index contributed by atoms with van der Waals surface area (Å²) in [6, 6.07) is -1.52. The first-order chi connectivity index (χ1) is 10.0. The molecule has 1 heterocycles. The van der Waals surface area contributed by atoms with E-state index in [4.69, 9.17) is 0 Å². The van der Waals surface area contributed by atoms with E-state index in [1.54, 1.807) is 0 Å². The summed E-state index contributed by atoms with van der Waals surface area (Å²) in [5.41, 5.74) is -1.20. The molecule has 2 N–H and O–H groups in total. The average molecular weight is 321 g/mol. The molecule has 0 unspecified atom stereocenters. The molecular formula is C12H18F3N5O2. The summed E-state index contributed by atoms with van der Waals surface area (Å²) in [5, 5.41) is 7.95. The molecule has 0 saturated heterocycles. The van der Waals surface area contributed by atoms with Gasteiger partial charge in [-0.25, -0.2) is 4.79 Å². The van der Waals surface area contributed by atoms with Crippen LogP contribution in [0.25, 0.3) is 0 Å². The highest BCUT2D eigenvalue weighted by Gasteiger charge is 2.36. The lowest BCUT2D eigenvalue weighted by Crippen LogP contribution is -2.47. The summed E-state index contributed by atoms with van der Waals surface area (Å²) in [4.78, 5) is 24.5. The van der Waals surface area contributed by atoms with Gasteiger partial charge in [-0.3, -0.25) is 9.48 Å². The number of halogens is 3. The predicted molar refractivity (Wildman–Crippen MR) is 71.7 cm³/mol. The normalized spacial score (nSPS) is 12.7. The van der Waals surface area contributed by atoms with E-state index >= 15 is 0 Å². The smallest absolute Gasteiger partial charge is 0.347 e. The number of hydrogen-bond donors (Lipinski definition) is 2. The van der Waals surface area contributed by atoms with Crippen LogP contribution < -0.4 is 10.6 Å². The minimum absolute atomic E-state index is 0.156. The van der Waals surface area contributed by atoms with Crippen LogP contribution in [0.1, 0.15) is 18.2 Å². The molecule has 1 aromatic heterocycles. The molecule has 0 aromatic carbocycles. The molecule has 0 spiro atoms. The molecule has 10 heteroatoms. The van der Waals surface area contributed by atoms with Crippen LogP contribution in [0.4, 0.5) is 18.0 Å². The molecule has 0 aliphatic heterocycles. The number of aryl methyl sites for hydroxylation is 1. The van der Waals surface area contributed by atoms with Gasteiger partial charge < -0.3 is 15.5 Å². The monoisotopic (exact) mass is 321 g/mol. The van der Waals surface area contributed by atoms with E-state index < -0.39 is 23.9 Å². The minimum atomic E-state index is -4.59. The van der Waals surface area contributed by atoms with Crippen LogP contribution in [0.15, 0.2) is 6.20 Å². The highest BCUT2D eigenvalue weighted by molar-refractivity contribution is 5.86. The van der Waals surface area contributed by atoms with Gasteiger partial charge in [-0.2, -0.15) is 18.3 Å². The van der Waals surface area contributed by atoms with Crippen molar-refractivity contribution in [3.8, 4) is 0 Å². The Balaban J connectivity index is 2.64. The quantitative estimate of drug-likeness (QED) is 0.857. The molecule has 0 saturated carbocycles. The van der Waals surface area contributed by atoms with Gasteiger partial charge in [0, 0.05) is 39.4 Å². The van der Waals surface area contributed by atoms with Crippen molar-refractivity contribution in [1.29, 1.82) is 0 Å². The van der Waals surface area contributed by atoms with Crippen LogP contribution in [0.5, 0.6) is 0 Å². The number of carbonyl (C=O) groups is 2. The summed E-state index contributed by atoms with van der Waals surface area (Å²) in [6.07, 6.45) is -3.42. The first kappa shape index (κ1) is 17.8. The molecule has 22 heavy (non-hydrogen) atoms. The first-order valence-electron chi connectivity index (χ1n) is 6.37. The number of rotatable bonds is 4. The van der Waals surface area contributed by atoms with Gasteiger partial charge in [0.1, 0.15) is 6.04 Å². The third-order valence-corrected chi connectivity index (χ3v) is 2.77. The van der Waals surface area contributed by atoms with Crippen molar-refractivity contribution in [3.63, 3.8) is 0 Å². The number of nitrogens with zero attached hydrogens (tertiary/aromatic N) is 3. The largest absolute Gasteiger partial charge is 0.435 e. The summed E-state index contributed by atoms with van der Waals surface area (Å²) in [7, 11) is 4.42. The zero-order chi connectivity index (χ0) is 17.1. The second-order valence-electron chi connectivity index (χ2n) is 4.96. The second kappa shape index (κ2) is 6.67. The zero-order valence-corrected chi connectivity index (χ0v) is 12.7. The van der Waals surface area contributed by atoms with Gasteiger partial charge in [0.2, 0.25) is 5.91 Å². The predicted octanol–water partition coefficient (Wildman–Crippen LogP) is 0.715. The maximum Gasteiger partial charge on any atom is 0.435 e. The topological polar surface area (TPSA) is 79.3 Å². The van der Waals surface area contributed by atoms with E-state index in [2.05, 4.69) is 15.7 Å². The number of nitrogens with one attached hydrogen (secondary N) is 2. The number of urea groups is 1. The van der Waals surface area contributed by atoms with Crippen molar-refractivity contribution in [2.45, 2.75) is 25.7 Å². The molecule has 0 fully saturated rings. The Morgan fingerprint density at radius 2 is 2.00 bits per heavy atom. The van der Waals surface area contributed by atoms with Crippen molar-refractivity contribution in [1.82, 2.24) is 25.3 Å². The molecule has 0 radical (unpaired) electrons. The molecule has 124 valence electrons. The van der Waals surface area contributed by atoms with Crippen LogP contribution >= 0.6 is 0 Å². The summed E-state index contributed by atoms with van der Waals surface area (Å²) >= 11 is 0. The molecule has 0 bridgehead atoms. The minimum Gasteiger partial charge on any atom is -0.347 e. The van der Waals surface area contributed by atoms with E-state index in [1.807, 2.05) is 0 Å². The van der Waals surface area contributed by atoms with Crippen molar-refractivity contribution in [2.75, 3.05) is 14.1 Å². The maximum absolute atomic E-state index is 12.7. The Kier molecular flexibility index (Phi) is 5.39. The Morgan fingerprint density at radius 1 is 1.41 bits per heavy atom. The molecule has 3 amide bonds. The van der Waals surface area contributed by atoms with Gasteiger partial charge in [-0.15, -0.1) is 0 Å². The Hall–Kier alpha value is -2.26. The number of aromatic nitrogens is 2. The maximum atomic E-state index is 12.7. The van der Waals surface area contributed by atoms with E-state index in [9.17, 15) is 22.8 Å². The third-order valence-electron chi connectivity index (χ3n) is 2.77. The summed E-state index contributed by atoms with van der Waals surface area (Å²) in [5.74, 6) is -0.326. The molecule has 1 atom stereocenters. The zero-order valence-electron chi connectivity index (χ0n) is 12.7. The fraction of sp³-hybridized carbons (Fsp3) is 0.583. The molecule has 1 rings (SSSR count). The van der Waals surface area contributed by atoms with Gasteiger partial charge in [-0.05, 0) is 6.92 Å². The Labute approximate surface area is 125 Å². The van der Waals surface area contributed by atoms with Crippen LogP contribution in [0, 0.1) is 0 Å². The van der Waals surface area contributed by atoms with Crippen LogP contribution in [0.3, 0.4) is 0 Å². The van der Waals surface area contributed by atoms with Crippen molar-refractivity contribution in [2.24, 2.45) is 7.05 Å². The fourth-order valence-corrected chi connectivity index (χ4v) is 1.78. The van der Waals surface area contributed by atoms with Gasteiger partial charge in [-0.1, -0.05) is 0 Å². The molecule has 0 aliphatic rings. The van der Waals surface area contributed by atoms with Gasteiger partial charge in [0.25, 0.3) is 0 Å². The summed E-state index contributed by atoms with van der Waals surface area (Å²) in [6.45, 7) is 1.13. The van der Waals surface area contributed by atoms with Gasteiger partial charge in [0.15, 0.2) is 5.69 Å². The highest BCUT2D eigenvalue weighted by Crippen LogP contribution is 2.30. The summed E-state index contributed by atoms with van der Waals surface area (Å²) < 4.78 is 39.2. The SMILES string of the molecule is C[C@H](NC(=O)NCc1cn(C)nc1C(F)(F)F)C(=O)N(C)C. The number of alkyl halides is 3. The van der Waals surface area contributed by atoms with Crippen LogP contribution in [0.2, 0.25) is 0 Å². The van der Waals surface area contributed by atoms with E-state index in [0.717, 1.165) is 4.68 Å². The van der Waals surface area contributed by atoms with Crippen molar-refractivity contribution >= 4 is 11.9 Å². The third kappa shape index (κ3) is 4.64. The van der Waals surface area contributed by atoms with Gasteiger partial charge >= 0.3 is 12.2 Å². The Morgan fingerprint density at radius 3 is 2.50 bits per heavy atom. The second-order valence-corrected chi connectivity index (χ2v) is 4.96. The number of amides is 3. The van der Waals surface area contributed by atoms with E-state index in [0.29, 0.717) is 0 Å². The number of carbonyl (C=O) groups excluding carboxylic acids is 2. The fourth-order valence-electron chi connectivity index (χ4n) is 1.78. The molecule has 7 nitrogen and oxygen atoms in total. The highest BCUT2D eigenvalue weighted by atomic mass is 19.4. The first-order valence-corrected chi connectivity index (χ1v) is 6.37.